The Morgan fingerprint density at radius 3 is 2.71 bits per heavy atom. The highest BCUT2D eigenvalue weighted by atomic mass is 16.3. The lowest BCUT2D eigenvalue weighted by Crippen LogP contribution is -2.53. The van der Waals surface area contributed by atoms with E-state index in [2.05, 4.69) is 28.1 Å². The van der Waals surface area contributed by atoms with Crippen LogP contribution in [0.5, 0.6) is 0 Å². The average molecular weight is 291 g/mol. The standard InChI is InChI=1S/C17H29N3O/c1-15-13-18-8-11-20(15)16(17-7-6-12-21-17)14-19-9-4-2-3-5-10-19/h6-7,12,15-16,18H,2-5,8-11,13-14H2,1H3. The molecule has 0 spiro atoms. The topological polar surface area (TPSA) is 31.6 Å². The summed E-state index contributed by atoms with van der Waals surface area (Å²) >= 11 is 0. The van der Waals surface area contributed by atoms with Crippen molar-refractivity contribution in [3.8, 4) is 0 Å². The predicted molar refractivity (Wildman–Crippen MR) is 85.4 cm³/mol. The fraction of sp³-hybridized carbons (Fsp3) is 0.765. The molecular formula is C17H29N3O. The number of piperazine rings is 1. The van der Waals surface area contributed by atoms with Crippen LogP contribution in [-0.2, 0) is 0 Å². The number of furan rings is 1. The maximum absolute atomic E-state index is 5.78. The lowest BCUT2D eigenvalue weighted by molar-refractivity contribution is 0.0727. The third kappa shape index (κ3) is 3.87. The van der Waals surface area contributed by atoms with Gasteiger partial charge in [0.25, 0.3) is 0 Å². The molecule has 4 heteroatoms. The lowest BCUT2D eigenvalue weighted by Gasteiger charge is -2.40. The van der Waals surface area contributed by atoms with Crippen LogP contribution in [-0.4, -0.2) is 55.1 Å². The van der Waals surface area contributed by atoms with Crippen molar-refractivity contribution in [1.29, 1.82) is 0 Å². The normalized spacial score (nSPS) is 27.4. The Morgan fingerprint density at radius 1 is 1.24 bits per heavy atom. The van der Waals surface area contributed by atoms with Gasteiger partial charge >= 0.3 is 0 Å². The maximum atomic E-state index is 5.78. The molecular weight excluding hydrogens is 262 g/mol. The van der Waals surface area contributed by atoms with Crippen LogP contribution in [0.25, 0.3) is 0 Å². The molecule has 2 saturated heterocycles. The third-order valence-corrected chi connectivity index (χ3v) is 4.95. The molecule has 4 nitrogen and oxygen atoms in total. The van der Waals surface area contributed by atoms with Gasteiger partial charge in [0.05, 0.1) is 12.3 Å². The van der Waals surface area contributed by atoms with Crippen LogP contribution < -0.4 is 5.32 Å². The number of rotatable bonds is 4. The predicted octanol–water partition coefficient (Wildman–Crippen LogP) is 2.49. The Kier molecular flexibility index (Phi) is 5.33. The van der Waals surface area contributed by atoms with Crippen LogP contribution in [0, 0.1) is 0 Å². The van der Waals surface area contributed by atoms with Gasteiger partial charge in [-0.25, -0.2) is 0 Å². The van der Waals surface area contributed by atoms with E-state index < -0.39 is 0 Å². The summed E-state index contributed by atoms with van der Waals surface area (Å²) in [6.45, 7) is 9.21. The van der Waals surface area contributed by atoms with Crippen LogP contribution in [0.1, 0.15) is 44.4 Å². The van der Waals surface area contributed by atoms with E-state index in [0.717, 1.165) is 31.9 Å². The van der Waals surface area contributed by atoms with Crippen molar-refractivity contribution in [1.82, 2.24) is 15.1 Å². The molecule has 2 unspecified atom stereocenters. The van der Waals surface area contributed by atoms with E-state index in [-0.39, 0.29) is 0 Å². The highest BCUT2D eigenvalue weighted by Crippen LogP contribution is 2.26. The lowest BCUT2D eigenvalue weighted by atomic mass is 10.1. The minimum Gasteiger partial charge on any atom is -0.468 e. The Balaban J connectivity index is 1.72. The summed E-state index contributed by atoms with van der Waals surface area (Å²) in [6, 6.07) is 5.14. The first-order chi connectivity index (χ1) is 10.3. The van der Waals surface area contributed by atoms with Crippen molar-refractivity contribution in [3.63, 3.8) is 0 Å². The largest absolute Gasteiger partial charge is 0.468 e. The molecule has 21 heavy (non-hydrogen) atoms. The average Bonchev–Trinajstić information content (AvgIpc) is 2.90. The number of nitrogens with zero attached hydrogens (tertiary/aromatic N) is 2. The van der Waals surface area contributed by atoms with Gasteiger partial charge < -0.3 is 14.6 Å². The summed E-state index contributed by atoms with van der Waals surface area (Å²) in [7, 11) is 0. The molecule has 1 aromatic heterocycles. The molecule has 2 atom stereocenters. The molecule has 1 aromatic rings. The summed E-state index contributed by atoms with van der Waals surface area (Å²) in [5, 5.41) is 3.49. The number of nitrogens with one attached hydrogen (secondary N) is 1. The molecule has 3 heterocycles. The zero-order valence-corrected chi connectivity index (χ0v) is 13.3. The molecule has 0 aromatic carbocycles. The number of hydrogen-bond acceptors (Lipinski definition) is 4. The molecule has 0 amide bonds. The molecule has 2 aliphatic heterocycles. The highest BCUT2D eigenvalue weighted by molar-refractivity contribution is 5.07. The van der Waals surface area contributed by atoms with Gasteiger partial charge in [-0.05, 0) is 45.0 Å². The van der Waals surface area contributed by atoms with Gasteiger partial charge in [0.1, 0.15) is 5.76 Å². The molecule has 0 radical (unpaired) electrons. The van der Waals surface area contributed by atoms with Crippen molar-refractivity contribution >= 4 is 0 Å². The minimum absolute atomic E-state index is 0.398. The Bertz CT molecular complexity index is 398. The van der Waals surface area contributed by atoms with Crippen molar-refractivity contribution in [3.05, 3.63) is 24.2 Å². The van der Waals surface area contributed by atoms with E-state index in [1.165, 1.54) is 38.8 Å². The summed E-state index contributed by atoms with van der Waals surface area (Å²) in [4.78, 5) is 5.27. The molecule has 0 saturated carbocycles. The van der Waals surface area contributed by atoms with Crippen LogP contribution in [0.3, 0.4) is 0 Å². The minimum atomic E-state index is 0.398. The molecule has 118 valence electrons. The SMILES string of the molecule is CC1CNCCN1C(CN1CCCCCC1)c1ccco1. The summed E-state index contributed by atoms with van der Waals surface area (Å²) in [6.07, 6.45) is 7.31. The van der Waals surface area contributed by atoms with E-state index in [0.29, 0.717) is 12.1 Å². The molecule has 2 fully saturated rings. The van der Waals surface area contributed by atoms with Gasteiger partial charge in [-0.1, -0.05) is 12.8 Å². The zero-order valence-electron chi connectivity index (χ0n) is 13.3. The van der Waals surface area contributed by atoms with E-state index in [1.54, 1.807) is 0 Å². The molecule has 0 aliphatic carbocycles. The molecule has 0 bridgehead atoms. The second-order valence-corrected chi connectivity index (χ2v) is 6.54. The first kappa shape index (κ1) is 15.1. The summed E-state index contributed by atoms with van der Waals surface area (Å²) in [5.74, 6) is 1.13. The molecule has 1 N–H and O–H groups in total. The monoisotopic (exact) mass is 291 g/mol. The van der Waals surface area contributed by atoms with Gasteiger partial charge in [0.15, 0.2) is 0 Å². The number of hydrogen-bond donors (Lipinski definition) is 1. The maximum Gasteiger partial charge on any atom is 0.122 e. The fourth-order valence-corrected chi connectivity index (χ4v) is 3.72. The zero-order chi connectivity index (χ0) is 14.5. The Labute approximate surface area is 128 Å². The van der Waals surface area contributed by atoms with Crippen LogP contribution in [0.4, 0.5) is 0 Å². The van der Waals surface area contributed by atoms with E-state index in [9.17, 15) is 0 Å². The van der Waals surface area contributed by atoms with Gasteiger partial charge in [0.2, 0.25) is 0 Å². The van der Waals surface area contributed by atoms with E-state index >= 15 is 0 Å². The summed E-state index contributed by atoms with van der Waals surface area (Å²) in [5.41, 5.74) is 0. The smallest absolute Gasteiger partial charge is 0.122 e. The van der Waals surface area contributed by atoms with Crippen LogP contribution in [0.2, 0.25) is 0 Å². The Morgan fingerprint density at radius 2 is 2.05 bits per heavy atom. The summed E-state index contributed by atoms with van der Waals surface area (Å²) < 4.78 is 5.78. The van der Waals surface area contributed by atoms with Crippen LogP contribution in [0.15, 0.2) is 22.8 Å². The fourth-order valence-electron chi connectivity index (χ4n) is 3.72. The van der Waals surface area contributed by atoms with Gasteiger partial charge in [-0.3, -0.25) is 4.90 Å². The Hall–Kier alpha value is -0.840. The number of likely N-dealkylation sites (tertiary alicyclic amines) is 1. The molecule has 2 aliphatic rings. The van der Waals surface area contributed by atoms with Gasteiger partial charge in [0, 0.05) is 32.2 Å². The van der Waals surface area contributed by atoms with Crippen molar-refractivity contribution in [2.45, 2.75) is 44.7 Å². The first-order valence-corrected chi connectivity index (χ1v) is 8.57. The van der Waals surface area contributed by atoms with Gasteiger partial charge in [-0.2, -0.15) is 0 Å². The third-order valence-electron chi connectivity index (χ3n) is 4.95. The highest BCUT2D eigenvalue weighted by Gasteiger charge is 2.30. The second kappa shape index (κ2) is 7.43. The van der Waals surface area contributed by atoms with Crippen molar-refractivity contribution in [2.75, 3.05) is 39.3 Å². The van der Waals surface area contributed by atoms with E-state index in [1.807, 2.05) is 12.3 Å². The van der Waals surface area contributed by atoms with E-state index in [4.69, 9.17) is 4.42 Å². The van der Waals surface area contributed by atoms with Crippen molar-refractivity contribution in [2.24, 2.45) is 0 Å². The first-order valence-electron chi connectivity index (χ1n) is 8.57. The van der Waals surface area contributed by atoms with Crippen molar-refractivity contribution < 1.29 is 4.42 Å². The van der Waals surface area contributed by atoms with Gasteiger partial charge in [-0.15, -0.1) is 0 Å². The van der Waals surface area contributed by atoms with Crippen LogP contribution >= 0.6 is 0 Å². The second-order valence-electron chi connectivity index (χ2n) is 6.54. The molecule has 3 rings (SSSR count). The quantitative estimate of drug-likeness (QED) is 0.923.